The van der Waals surface area contributed by atoms with Crippen LogP contribution in [0.25, 0.3) is 0 Å². The SMILES string of the molecule is CCN(CC)CCCC(=O)OOC(=O)c1ccccc1.Cl. The van der Waals surface area contributed by atoms with Gasteiger partial charge in [-0.1, -0.05) is 32.0 Å². The minimum Gasteiger partial charge on any atom is -0.304 e. The van der Waals surface area contributed by atoms with Crippen molar-refractivity contribution < 1.29 is 19.4 Å². The Morgan fingerprint density at radius 3 is 2.24 bits per heavy atom. The van der Waals surface area contributed by atoms with E-state index < -0.39 is 11.9 Å². The molecule has 1 aromatic carbocycles. The van der Waals surface area contributed by atoms with Crippen LogP contribution >= 0.6 is 12.4 Å². The molecule has 0 fully saturated rings. The highest BCUT2D eigenvalue weighted by atomic mass is 35.5. The first kappa shape index (κ1) is 19.4. The Balaban J connectivity index is 0.00000400. The summed E-state index contributed by atoms with van der Waals surface area (Å²) in [6.07, 6.45) is 0.919. The highest BCUT2D eigenvalue weighted by Gasteiger charge is 2.12. The Morgan fingerprint density at radius 1 is 1.05 bits per heavy atom. The maximum atomic E-state index is 11.5. The van der Waals surface area contributed by atoms with Crippen LogP contribution in [0.2, 0.25) is 0 Å². The van der Waals surface area contributed by atoms with E-state index in [1.165, 1.54) is 0 Å². The van der Waals surface area contributed by atoms with Crippen LogP contribution < -0.4 is 0 Å². The molecule has 0 N–H and O–H groups in total. The molecule has 0 spiro atoms. The predicted molar refractivity (Wildman–Crippen MR) is 82.2 cm³/mol. The predicted octanol–water partition coefficient (Wildman–Crippen LogP) is 2.85. The maximum Gasteiger partial charge on any atom is 0.386 e. The zero-order chi connectivity index (χ0) is 14.8. The Hall–Kier alpha value is -1.59. The van der Waals surface area contributed by atoms with Crippen molar-refractivity contribution in [3.05, 3.63) is 35.9 Å². The van der Waals surface area contributed by atoms with Gasteiger partial charge < -0.3 is 4.90 Å². The van der Waals surface area contributed by atoms with Crippen LogP contribution in [-0.2, 0) is 14.6 Å². The second-order valence-electron chi connectivity index (χ2n) is 4.32. The van der Waals surface area contributed by atoms with Crippen LogP contribution in [0.3, 0.4) is 0 Å². The first-order chi connectivity index (χ1) is 9.67. The average molecular weight is 316 g/mol. The van der Waals surface area contributed by atoms with E-state index in [4.69, 9.17) is 0 Å². The lowest BCUT2D eigenvalue weighted by Crippen LogP contribution is -2.24. The van der Waals surface area contributed by atoms with E-state index in [1.54, 1.807) is 30.3 Å². The summed E-state index contributed by atoms with van der Waals surface area (Å²) in [6.45, 7) is 6.88. The third-order valence-corrected chi connectivity index (χ3v) is 2.97. The van der Waals surface area contributed by atoms with Crippen molar-refractivity contribution in [3.63, 3.8) is 0 Å². The lowest BCUT2D eigenvalue weighted by Gasteiger charge is -2.16. The second kappa shape index (κ2) is 11.1. The number of hydrogen-bond donors (Lipinski definition) is 0. The van der Waals surface area contributed by atoms with Crippen molar-refractivity contribution in [1.29, 1.82) is 0 Å². The molecule has 0 aliphatic heterocycles. The fourth-order valence-corrected chi connectivity index (χ4v) is 1.74. The zero-order valence-electron chi connectivity index (χ0n) is 12.4. The van der Waals surface area contributed by atoms with Crippen LogP contribution in [0.1, 0.15) is 37.0 Å². The first-order valence-corrected chi connectivity index (χ1v) is 6.86. The van der Waals surface area contributed by atoms with Gasteiger partial charge in [0.2, 0.25) is 0 Å². The highest BCUT2D eigenvalue weighted by molar-refractivity contribution is 5.89. The van der Waals surface area contributed by atoms with Gasteiger partial charge in [0.25, 0.3) is 0 Å². The number of benzene rings is 1. The summed E-state index contributed by atoms with van der Waals surface area (Å²) in [6, 6.07) is 8.40. The van der Waals surface area contributed by atoms with Crippen molar-refractivity contribution >= 4 is 24.3 Å². The van der Waals surface area contributed by atoms with Gasteiger partial charge in [0.15, 0.2) is 0 Å². The number of carbonyl (C=O) groups excluding carboxylic acids is 2. The summed E-state index contributed by atoms with van der Waals surface area (Å²) in [5, 5.41) is 0. The third-order valence-electron chi connectivity index (χ3n) is 2.97. The van der Waals surface area contributed by atoms with Crippen LogP contribution in [0.5, 0.6) is 0 Å². The van der Waals surface area contributed by atoms with Crippen LogP contribution in [0.4, 0.5) is 0 Å². The first-order valence-electron chi connectivity index (χ1n) is 6.86. The Morgan fingerprint density at radius 2 is 1.67 bits per heavy atom. The summed E-state index contributed by atoms with van der Waals surface area (Å²) < 4.78 is 0. The zero-order valence-corrected chi connectivity index (χ0v) is 13.2. The van der Waals surface area contributed by atoms with E-state index in [0.717, 1.165) is 19.6 Å². The van der Waals surface area contributed by atoms with E-state index >= 15 is 0 Å². The van der Waals surface area contributed by atoms with E-state index in [0.29, 0.717) is 12.0 Å². The topological polar surface area (TPSA) is 55.8 Å². The number of rotatable bonds is 7. The minimum atomic E-state index is -0.664. The Kier molecular flexibility index (Phi) is 10.3. The molecular formula is C15H22ClNO4. The Bertz CT molecular complexity index is 421. The average Bonchev–Trinajstić information content (AvgIpc) is 2.50. The van der Waals surface area contributed by atoms with Crippen LogP contribution in [0, 0.1) is 0 Å². The van der Waals surface area contributed by atoms with Gasteiger partial charge in [0.1, 0.15) is 0 Å². The Labute approximate surface area is 131 Å². The van der Waals surface area contributed by atoms with E-state index in [1.807, 2.05) is 0 Å². The summed E-state index contributed by atoms with van der Waals surface area (Å²) in [5.41, 5.74) is 0.350. The molecule has 5 nitrogen and oxygen atoms in total. The molecule has 21 heavy (non-hydrogen) atoms. The normalized spacial score (nSPS) is 9.86. The number of nitrogens with zero attached hydrogens (tertiary/aromatic N) is 1. The minimum absolute atomic E-state index is 0. The van der Waals surface area contributed by atoms with E-state index in [2.05, 4.69) is 28.5 Å². The van der Waals surface area contributed by atoms with Gasteiger partial charge in [0, 0.05) is 0 Å². The van der Waals surface area contributed by atoms with E-state index in [-0.39, 0.29) is 18.8 Å². The number of hydrogen-bond acceptors (Lipinski definition) is 5. The van der Waals surface area contributed by atoms with Crippen molar-refractivity contribution in [1.82, 2.24) is 4.90 Å². The molecular weight excluding hydrogens is 294 g/mol. The monoisotopic (exact) mass is 315 g/mol. The van der Waals surface area contributed by atoms with Crippen molar-refractivity contribution in [3.8, 4) is 0 Å². The molecule has 0 atom stereocenters. The fraction of sp³-hybridized carbons (Fsp3) is 0.467. The van der Waals surface area contributed by atoms with Gasteiger partial charge in [-0.2, -0.15) is 0 Å². The van der Waals surface area contributed by atoms with Gasteiger partial charge in [-0.05, 0) is 38.2 Å². The van der Waals surface area contributed by atoms with Crippen molar-refractivity contribution in [2.75, 3.05) is 19.6 Å². The van der Waals surface area contributed by atoms with Crippen LogP contribution in [0.15, 0.2) is 30.3 Å². The molecule has 0 amide bonds. The molecule has 0 bridgehead atoms. The molecule has 0 saturated heterocycles. The van der Waals surface area contributed by atoms with Gasteiger partial charge in [-0.3, -0.25) is 0 Å². The highest BCUT2D eigenvalue weighted by Crippen LogP contribution is 2.03. The van der Waals surface area contributed by atoms with Gasteiger partial charge >= 0.3 is 11.9 Å². The summed E-state index contributed by atoms with van der Waals surface area (Å²) >= 11 is 0. The summed E-state index contributed by atoms with van der Waals surface area (Å²) in [4.78, 5) is 34.1. The lowest BCUT2D eigenvalue weighted by atomic mass is 10.2. The molecule has 0 heterocycles. The molecule has 0 aromatic heterocycles. The maximum absolute atomic E-state index is 11.5. The molecule has 6 heteroatoms. The quantitative estimate of drug-likeness (QED) is 0.572. The fourth-order valence-electron chi connectivity index (χ4n) is 1.74. The molecule has 1 aromatic rings. The van der Waals surface area contributed by atoms with Crippen molar-refractivity contribution in [2.45, 2.75) is 26.7 Å². The summed E-state index contributed by atoms with van der Waals surface area (Å²) in [7, 11) is 0. The smallest absolute Gasteiger partial charge is 0.304 e. The van der Waals surface area contributed by atoms with Gasteiger partial charge in [-0.15, -0.1) is 12.4 Å². The van der Waals surface area contributed by atoms with Gasteiger partial charge in [0.05, 0.1) is 12.0 Å². The number of halogens is 1. The molecule has 118 valence electrons. The molecule has 0 radical (unpaired) electrons. The molecule has 1 rings (SSSR count). The largest absolute Gasteiger partial charge is 0.386 e. The molecule has 0 aliphatic rings. The summed E-state index contributed by atoms with van der Waals surface area (Å²) in [5.74, 6) is -1.19. The standard InChI is InChI=1S/C15H21NO4.ClH/c1-3-16(4-2)12-8-11-14(17)19-20-15(18)13-9-6-5-7-10-13;/h5-7,9-10H,3-4,8,11-12H2,1-2H3;1H. The van der Waals surface area contributed by atoms with Crippen LogP contribution in [-0.4, -0.2) is 36.5 Å². The lowest BCUT2D eigenvalue weighted by molar-refractivity contribution is -0.234. The number of carbonyl (C=O) groups is 2. The molecule has 0 aliphatic carbocycles. The molecule has 0 unspecified atom stereocenters. The second-order valence-corrected chi connectivity index (χ2v) is 4.32. The van der Waals surface area contributed by atoms with E-state index in [9.17, 15) is 9.59 Å². The van der Waals surface area contributed by atoms with Crippen molar-refractivity contribution in [2.24, 2.45) is 0 Å². The third kappa shape index (κ3) is 7.68. The van der Waals surface area contributed by atoms with Gasteiger partial charge in [-0.25, -0.2) is 19.4 Å². The molecule has 0 saturated carbocycles.